The Morgan fingerprint density at radius 2 is 1.62 bits per heavy atom. The van der Waals surface area contributed by atoms with Crippen molar-refractivity contribution in [3.8, 4) is 0 Å². The molecular weight excluding hydrogens is 366 g/mol. The van der Waals surface area contributed by atoms with Crippen LogP contribution in [0.15, 0.2) is 42.5 Å². The van der Waals surface area contributed by atoms with Gasteiger partial charge in [-0.25, -0.2) is 0 Å². The minimum Gasteiger partial charge on any atom is -0.378 e. The molecule has 29 heavy (non-hydrogen) atoms. The molecule has 1 aliphatic carbocycles. The van der Waals surface area contributed by atoms with Gasteiger partial charge in [-0.2, -0.15) is 0 Å². The summed E-state index contributed by atoms with van der Waals surface area (Å²) in [5.74, 6) is -0.852. The molecule has 0 heterocycles. The fourth-order valence-electron chi connectivity index (χ4n) is 3.46. The van der Waals surface area contributed by atoms with Crippen LogP contribution in [0.3, 0.4) is 0 Å². The molecule has 152 valence electrons. The molecule has 0 bridgehead atoms. The molecule has 0 unspecified atom stereocenters. The minimum atomic E-state index is -0.400. The summed E-state index contributed by atoms with van der Waals surface area (Å²) < 4.78 is 0. The van der Waals surface area contributed by atoms with Crippen LogP contribution < -0.4 is 15.8 Å². The Balaban J connectivity index is 1.48. The first-order valence-electron chi connectivity index (χ1n) is 9.95. The number of Topliss-reactive ketones (excluding diaryl/α,β-unsaturated/α-hetero) is 1. The van der Waals surface area contributed by atoms with Gasteiger partial charge in [-0.3, -0.25) is 25.2 Å². The van der Waals surface area contributed by atoms with E-state index in [2.05, 4.69) is 10.9 Å². The number of fused-ring (bicyclic) bond motifs is 1. The molecule has 2 amide bonds. The first-order chi connectivity index (χ1) is 13.9. The lowest BCUT2D eigenvalue weighted by Gasteiger charge is -2.16. The van der Waals surface area contributed by atoms with Crippen molar-refractivity contribution < 1.29 is 14.4 Å². The van der Waals surface area contributed by atoms with E-state index in [1.54, 1.807) is 18.2 Å². The molecule has 0 saturated heterocycles. The van der Waals surface area contributed by atoms with E-state index in [1.807, 2.05) is 43.3 Å². The molecule has 2 aromatic rings. The van der Waals surface area contributed by atoms with Gasteiger partial charge in [-0.1, -0.05) is 18.2 Å². The molecule has 0 aliphatic heterocycles. The number of rotatable bonds is 6. The number of carbonyl (C=O) groups is 3. The predicted molar refractivity (Wildman–Crippen MR) is 113 cm³/mol. The van der Waals surface area contributed by atoms with Crippen LogP contribution >= 0.6 is 0 Å². The Morgan fingerprint density at radius 3 is 2.38 bits per heavy atom. The Morgan fingerprint density at radius 1 is 0.862 bits per heavy atom. The number of amides is 2. The quantitative estimate of drug-likeness (QED) is 0.584. The van der Waals surface area contributed by atoms with Crippen LogP contribution in [0, 0.1) is 0 Å². The topological polar surface area (TPSA) is 78.5 Å². The molecule has 0 saturated carbocycles. The molecule has 6 heteroatoms. The Kier molecular flexibility index (Phi) is 6.65. The van der Waals surface area contributed by atoms with Gasteiger partial charge in [-0.15, -0.1) is 0 Å². The highest BCUT2D eigenvalue weighted by Gasteiger charge is 2.15. The maximum Gasteiger partial charge on any atom is 0.269 e. The maximum atomic E-state index is 12.4. The van der Waals surface area contributed by atoms with Crippen molar-refractivity contribution >= 4 is 23.3 Å². The number of nitrogens with one attached hydrogen (secondary N) is 2. The molecule has 0 radical (unpaired) electrons. The first-order valence-corrected chi connectivity index (χ1v) is 9.95. The molecule has 2 N–H and O–H groups in total. The normalized spacial score (nSPS) is 12.6. The fraction of sp³-hybridized carbons (Fsp3) is 0.348. The van der Waals surface area contributed by atoms with Gasteiger partial charge in [0.15, 0.2) is 5.78 Å². The van der Waals surface area contributed by atoms with E-state index >= 15 is 0 Å². The third-order valence-electron chi connectivity index (χ3n) is 5.19. The number of ketones is 1. The van der Waals surface area contributed by atoms with Crippen molar-refractivity contribution in [2.75, 3.05) is 19.0 Å². The number of hydrazine groups is 1. The standard InChI is InChI=1S/C23H27N3O3/c1-26(2)20-9-5-8-19(15-20)23(29)25-24-22(28)13-12-21(27)18-11-10-16-6-3-4-7-17(16)14-18/h5,8-11,14-15H,3-4,6-7,12-13H2,1-2H3,(H,24,28)(H,25,29). The highest BCUT2D eigenvalue weighted by atomic mass is 16.2. The molecule has 0 aromatic heterocycles. The molecule has 0 spiro atoms. The monoisotopic (exact) mass is 393 g/mol. The van der Waals surface area contributed by atoms with Crippen LogP contribution in [0.25, 0.3) is 0 Å². The number of hydrogen-bond acceptors (Lipinski definition) is 4. The summed E-state index contributed by atoms with van der Waals surface area (Å²) in [4.78, 5) is 38.6. The molecule has 0 atom stereocenters. The SMILES string of the molecule is CN(C)c1cccc(C(=O)NNC(=O)CCC(=O)c2ccc3c(c2)CCCC3)c1. The molecule has 3 rings (SSSR count). The van der Waals surface area contributed by atoms with E-state index in [0.29, 0.717) is 11.1 Å². The summed E-state index contributed by atoms with van der Waals surface area (Å²) in [5, 5.41) is 0. The predicted octanol–water partition coefficient (Wildman–Crippen LogP) is 3.06. The van der Waals surface area contributed by atoms with E-state index < -0.39 is 11.8 Å². The van der Waals surface area contributed by atoms with E-state index in [4.69, 9.17) is 0 Å². The second-order valence-electron chi connectivity index (χ2n) is 7.56. The lowest BCUT2D eigenvalue weighted by molar-refractivity contribution is -0.121. The minimum absolute atomic E-state index is 0.0218. The van der Waals surface area contributed by atoms with Gasteiger partial charge in [0.05, 0.1) is 0 Å². The zero-order valence-corrected chi connectivity index (χ0v) is 17.0. The fourth-order valence-corrected chi connectivity index (χ4v) is 3.46. The summed E-state index contributed by atoms with van der Waals surface area (Å²) in [5.41, 5.74) is 9.35. The third-order valence-corrected chi connectivity index (χ3v) is 5.19. The molecule has 0 fully saturated rings. The van der Waals surface area contributed by atoms with Crippen LogP contribution in [0.5, 0.6) is 0 Å². The molecule has 6 nitrogen and oxygen atoms in total. The van der Waals surface area contributed by atoms with Gasteiger partial charge in [0, 0.05) is 43.8 Å². The summed E-state index contributed by atoms with van der Waals surface area (Å²) in [6.45, 7) is 0. The Bertz CT molecular complexity index is 921. The second kappa shape index (κ2) is 9.37. The van der Waals surface area contributed by atoms with Gasteiger partial charge >= 0.3 is 0 Å². The van der Waals surface area contributed by atoms with E-state index in [9.17, 15) is 14.4 Å². The van der Waals surface area contributed by atoms with Crippen molar-refractivity contribution in [3.63, 3.8) is 0 Å². The van der Waals surface area contributed by atoms with Gasteiger partial charge in [0.2, 0.25) is 5.91 Å². The second-order valence-corrected chi connectivity index (χ2v) is 7.56. The van der Waals surface area contributed by atoms with Crippen molar-refractivity contribution in [3.05, 3.63) is 64.7 Å². The van der Waals surface area contributed by atoms with Crippen molar-refractivity contribution in [1.29, 1.82) is 0 Å². The first kappa shape index (κ1) is 20.6. The molecule has 2 aromatic carbocycles. The molecule has 1 aliphatic rings. The largest absolute Gasteiger partial charge is 0.378 e. The number of benzene rings is 2. The summed E-state index contributed by atoms with van der Waals surface area (Å²) in [6.07, 6.45) is 4.57. The Labute approximate surface area is 171 Å². The van der Waals surface area contributed by atoms with E-state index in [-0.39, 0.29) is 18.6 Å². The summed E-state index contributed by atoms with van der Waals surface area (Å²) in [7, 11) is 3.77. The zero-order chi connectivity index (χ0) is 20.8. The van der Waals surface area contributed by atoms with Crippen LogP contribution in [-0.2, 0) is 17.6 Å². The number of hydrogen-bond donors (Lipinski definition) is 2. The van der Waals surface area contributed by atoms with Gasteiger partial charge in [0.1, 0.15) is 0 Å². The summed E-state index contributed by atoms with van der Waals surface area (Å²) in [6, 6.07) is 12.9. The number of anilines is 1. The highest BCUT2D eigenvalue weighted by Crippen LogP contribution is 2.23. The van der Waals surface area contributed by atoms with Crippen molar-refractivity contribution in [1.82, 2.24) is 10.9 Å². The Hall–Kier alpha value is -3.15. The highest BCUT2D eigenvalue weighted by molar-refractivity contribution is 5.99. The average molecular weight is 393 g/mol. The lowest BCUT2D eigenvalue weighted by atomic mass is 9.89. The maximum absolute atomic E-state index is 12.4. The van der Waals surface area contributed by atoms with Crippen LogP contribution in [-0.4, -0.2) is 31.7 Å². The number of aryl methyl sites for hydroxylation is 2. The average Bonchev–Trinajstić information content (AvgIpc) is 2.75. The van der Waals surface area contributed by atoms with Crippen molar-refractivity contribution in [2.45, 2.75) is 38.5 Å². The summed E-state index contributed by atoms with van der Waals surface area (Å²) >= 11 is 0. The van der Waals surface area contributed by atoms with Crippen LogP contribution in [0.4, 0.5) is 5.69 Å². The smallest absolute Gasteiger partial charge is 0.269 e. The van der Waals surface area contributed by atoms with Gasteiger partial charge in [0.25, 0.3) is 5.91 Å². The zero-order valence-electron chi connectivity index (χ0n) is 17.0. The number of carbonyl (C=O) groups excluding carboxylic acids is 3. The van der Waals surface area contributed by atoms with Crippen LogP contribution in [0.1, 0.15) is 57.5 Å². The lowest BCUT2D eigenvalue weighted by Crippen LogP contribution is -2.41. The molecular formula is C23H27N3O3. The van der Waals surface area contributed by atoms with Crippen LogP contribution in [0.2, 0.25) is 0 Å². The van der Waals surface area contributed by atoms with E-state index in [0.717, 1.165) is 24.9 Å². The third kappa shape index (κ3) is 5.44. The van der Waals surface area contributed by atoms with E-state index in [1.165, 1.54) is 17.5 Å². The van der Waals surface area contributed by atoms with Gasteiger partial charge in [-0.05, 0) is 61.1 Å². The number of nitrogens with zero attached hydrogens (tertiary/aromatic N) is 1. The van der Waals surface area contributed by atoms with Gasteiger partial charge < -0.3 is 4.90 Å². The van der Waals surface area contributed by atoms with Crippen molar-refractivity contribution in [2.24, 2.45) is 0 Å².